The fraction of sp³-hybridized carbons (Fsp3) is 0.125. The fourth-order valence-electron chi connectivity index (χ4n) is 0.967. The van der Waals surface area contributed by atoms with E-state index >= 15 is 0 Å². The molecule has 1 rings (SSSR count). The van der Waals surface area contributed by atoms with Gasteiger partial charge in [-0.3, -0.25) is 9.36 Å². The van der Waals surface area contributed by atoms with Crippen LogP contribution in [0.1, 0.15) is 15.9 Å². The van der Waals surface area contributed by atoms with Gasteiger partial charge in [-0.25, -0.2) is 0 Å². The van der Waals surface area contributed by atoms with Crippen molar-refractivity contribution in [1.29, 1.82) is 0 Å². The van der Waals surface area contributed by atoms with E-state index in [9.17, 15) is 18.1 Å². The lowest BCUT2D eigenvalue weighted by atomic mass is 10.1. The highest BCUT2D eigenvalue weighted by molar-refractivity contribution is 7.52. The van der Waals surface area contributed by atoms with Crippen molar-refractivity contribution in [2.75, 3.05) is 0 Å². The summed E-state index contributed by atoms with van der Waals surface area (Å²) in [5.41, 5.74) is -5.22. The molecule has 1 aromatic rings. The number of alkyl halides is 2. The molecule has 0 amide bonds. The van der Waals surface area contributed by atoms with Crippen LogP contribution in [0, 0.1) is 0 Å². The molecule has 0 heterocycles. The van der Waals surface area contributed by atoms with Gasteiger partial charge in [-0.1, -0.05) is 18.2 Å². The zero-order chi connectivity index (χ0) is 11.7. The molecular formula is C8H7F2O4P. The zero-order valence-corrected chi connectivity index (χ0v) is 8.20. The van der Waals surface area contributed by atoms with Gasteiger partial charge in [0, 0.05) is 11.1 Å². The Morgan fingerprint density at radius 1 is 1.33 bits per heavy atom. The Balaban J connectivity index is 3.27. The minimum atomic E-state index is -5.57. The Morgan fingerprint density at radius 3 is 2.40 bits per heavy atom. The molecule has 0 aliphatic heterocycles. The SMILES string of the molecule is O=Cc1cccc(C(F)(F)P(=O)(O)O)c1. The van der Waals surface area contributed by atoms with Crippen LogP contribution in [-0.4, -0.2) is 16.1 Å². The molecule has 0 unspecified atom stereocenters. The second-order valence-corrected chi connectivity index (χ2v) is 4.48. The summed E-state index contributed by atoms with van der Waals surface area (Å²) in [7, 11) is -5.57. The third kappa shape index (κ3) is 2.28. The molecule has 1 aromatic carbocycles. The van der Waals surface area contributed by atoms with Crippen LogP contribution in [0.2, 0.25) is 0 Å². The van der Waals surface area contributed by atoms with Crippen LogP contribution >= 0.6 is 7.60 Å². The number of hydrogen-bond acceptors (Lipinski definition) is 2. The Hall–Kier alpha value is -1.10. The molecule has 2 N–H and O–H groups in total. The molecule has 7 heteroatoms. The molecule has 0 aliphatic rings. The van der Waals surface area contributed by atoms with Crippen LogP contribution < -0.4 is 0 Å². The third-order valence-electron chi connectivity index (χ3n) is 1.74. The Bertz CT molecular complexity index is 426. The van der Waals surface area contributed by atoms with Gasteiger partial charge in [0.05, 0.1) is 0 Å². The Kier molecular flexibility index (Phi) is 3.04. The topological polar surface area (TPSA) is 74.6 Å². The highest BCUT2D eigenvalue weighted by Crippen LogP contribution is 2.59. The maximum absolute atomic E-state index is 13.1. The van der Waals surface area contributed by atoms with E-state index in [1.807, 2.05) is 0 Å². The summed E-state index contributed by atoms with van der Waals surface area (Å²) in [6, 6.07) is 3.98. The van der Waals surface area contributed by atoms with Gasteiger partial charge < -0.3 is 9.79 Å². The van der Waals surface area contributed by atoms with E-state index in [2.05, 4.69) is 0 Å². The molecule has 0 aromatic heterocycles. The Morgan fingerprint density at radius 2 is 1.93 bits per heavy atom. The van der Waals surface area contributed by atoms with Crippen LogP contribution in [0.15, 0.2) is 24.3 Å². The van der Waals surface area contributed by atoms with E-state index < -0.39 is 18.8 Å². The van der Waals surface area contributed by atoms with Gasteiger partial charge in [0.2, 0.25) is 0 Å². The molecule has 15 heavy (non-hydrogen) atoms. The molecule has 4 nitrogen and oxygen atoms in total. The third-order valence-corrected chi connectivity index (χ3v) is 2.73. The number of benzene rings is 1. The maximum Gasteiger partial charge on any atom is 0.399 e. The first-order valence-corrected chi connectivity index (χ1v) is 5.39. The first-order valence-electron chi connectivity index (χ1n) is 3.78. The van der Waals surface area contributed by atoms with Crippen molar-refractivity contribution in [3.05, 3.63) is 35.4 Å². The second-order valence-electron chi connectivity index (χ2n) is 2.83. The maximum atomic E-state index is 13.1. The van der Waals surface area contributed by atoms with Gasteiger partial charge in [-0.2, -0.15) is 8.78 Å². The van der Waals surface area contributed by atoms with E-state index in [4.69, 9.17) is 9.79 Å². The molecule has 0 radical (unpaired) electrons. The summed E-state index contributed by atoms with van der Waals surface area (Å²) < 4.78 is 36.7. The van der Waals surface area contributed by atoms with Crippen LogP contribution in [0.25, 0.3) is 0 Å². The average molecular weight is 236 g/mol. The smallest absolute Gasteiger partial charge is 0.320 e. The van der Waals surface area contributed by atoms with Crippen LogP contribution in [-0.2, 0) is 10.2 Å². The predicted octanol–water partition coefficient (Wildman–Crippen LogP) is 1.73. The van der Waals surface area contributed by atoms with Gasteiger partial charge in [-0.05, 0) is 6.07 Å². The highest BCUT2D eigenvalue weighted by Gasteiger charge is 2.50. The number of carbonyl (C=O) groups is 1. The van der Waals surface area contributed by atoms with Gasteiger partial charge in [0.25, 0.3) is 0 Å². The van der Waals surface area contributed by atoms with E-state index in [1.54, 1.807) is 0 Å². The average Bonchev–Trinajstić information content (AvgIpc) is 2.16. The molecule has 0 aliphatic carbocycles. The van der Waals surface area contributed by atoms with Crippen molar-refractivity contribution < 1.29 is 27.9 Å². The molecule has 0 fully saturated rings. The molecule has 0 bridgehead atoms. The molecule has 0 atom stereocenters. The van der Waals surface area contributed by atoms with E-state index in [0.29, 0.717) is 6.29 Å². The minimum absolute atomic E-state index is 0.0689. The summed E-state index contributed by atoms with van der Waals surface area (Å²) in [5, 5.41) is 0. The van der Waals surface area contributed by atoms with Gasteiger partial charge in [0.1, 0.15) is 6.29 Å². The highest BCUT2D eigenvalue weighted by atomic mass is 31.2. The first-order chi connectivity index (χ1) is 6.79. The summed E-state index contributed by atoms with van der Waals surface area (Å²) in [6.45, 7) is 0. The van der Waals surface area contributed by atoms with Crippen LogP contribution in [0.5, 0.6) is 0 Å². The molecule has 0 saturated heterocycles. The van der Waals surface area contributed by atoms with E-state index in [-0.39, 0.29) is 5.56 Å². The molecule has 82 valence electrons. The number of carbonyl (C=O) groups excluding carboxylic acids is 1. The van der Waals surface area contributed by atoms with Gasteiger partial charge in [0.15, 0.2) is 0 Å². The first kappa shape index (κ1) is 12.0. The molecular weight excluding hydrogens is 229 g/mol. The van der Waals surface area contributed by atoms with Crippen LogP contribution in [0.4, 0.5) is 8.78 Å². The Labute approximate surface area is 83.7 Å². The lowest BCUT2D eigenvalue weighted by Crippen LogP contribution is -2.13. The lowest BCUT2D eigenvalue weighted by Gasteiger charge is -2.17. The largest absolute Gasteiger partial charge is 0.399 e. The quantitative estimate of drug-likeness (QED) is 0.619. The summed E-state index contributed by atoms with van der Waals surface area (Å²) >= 11 is 0. The predicted molar refractivity (Wildman–Crippen MR) is 47.8 cm³/mol. The van der Waals surface area contributed by atoms with Gasteiger partial charge in [-0.15, -0.1) is 0 Å². The number of hydrogen-bond donors (Lipinski definition) is 2. The standard InChI is InChI=1S/C8H7F2O4P/c9-8(10,15(12,13)14)7-3-1-2-6(4-7)5-11/h1-5H,(H2,12,13,14). The summed E-state index contributed by atoms with van der Waals surface area (Å²) in [4.78, 5) is 27.2. The van der Waals surface area contributed by atoms with Crippen LogP contribution in [0.3, 0.4) is 0 Å². The minimum Gasteiger partial charge on any atom is -0.320 e. The number of rotatable bonds is 3. The van der Waals surface area contributed by atoms with Crippen molar-refractivity contribution >= 4 is 13.9 Å². The lowest BCUT2D eigenvalue weighted by molar-refractivity contribution is 0.0564. The summed E-state index contributed by atoms with van der Waals surface area (Å²) in [5.74, 6) is 0. The monoisotopic (exact) mass is 236 g/mol. The molecule has 0 spiro atoms. The molecule has 0 saturated carbocycles. The van der Waals surface area contributed by atoms with Crippen molar-refractivity contribution in [3.8, 4) is 0 Å². The normalized spacial score (nSPS) is 12.5. The second kappa shape index (κ2) is 3.81. The zero-order valence-electron chi connectivity index (χ0n) is 7.30. The fourth-order valence-corrected chi connectivity index (χ4v) is 1.44. The van der Waals surface area contributed by atoms with E-state index in [1.165, 1.54) is 6.07 Å². The van der Waals surface area contributed by atoms with Crippen molar-refractivity contribution in [1.82, 2.24) is 0 Å². The number of aldehydes is 1. The summed E-state index contributed by atoms with van der Waals surface area (Å²) in [6.07, 6.45) is 0.319. The van der Waals surface area contributed by atoms with Crippen molar-refractivity contribution in [2.45, 2.75) is 5.66 Å². The van der Waals surface area contributed by atoms with Gasteiger partial charge >= 0.3 is 13.3 Å². The van der Waals surface area contributed by atoms with Crippen molar-refractivity contribution in [2.24, 2.45) is 0 Å². The number of halogens is 2. The van der Waals surface area contributed by atoms with E-state index in [0.717, 1.165) is 18.2 Å². The van der Waals surface area contributed by atoms with Crippen molar-refractivity contribution in [3.63, 3.8) is 0 Å².